The summed E-state index contributed by atoms with van der Waals surface area (Å²) in [6.45, 7) is 3.44. The first kappa shape index (κ1) is 15.1. The van der Waals surface area contributed by atoms with E-state index in [-0.39, 0.29) is 5.76 Å². The molecule has 1 aliphatic heterocycles. The molecular formula is C14H18N2O5. The first-order valence-electron chi connectivity index (χ1n) is 6.75. The fourth-order valence-corrected chi connectivity index (χ4v) is 2.51. The van der Waals surface area contributed by atoms with Crippen LogP contribution in [0.15, 0.2) is 22.8 Å². The fourth-order valence-electron chi connectivity index (χ4n) is 2.51. The maximum atomic E-state index is 12.4. The van der Waals surface area contributed by atoms with E-state index in [1.165, 1.54) is 31.1 Å². The zero-order chi connectivity index (χ0) is 15.6. The molecular weight excluding hydrogens is 276 g/mol. The minimum atomic E-state index is -1.21. The summed E-state index contributed by atoms with van der Waals surface area (Å²) in [5.74, 6) is -1.83. The van der Waals surface area contributed by atoms with Crippen molar-refractivity contribution in [3.05, 3.63) is 24.2 Å². The van der Waals surface area contributed by atoms with Gasteiger partial charge in [-0.05, 0) is 38.8 Å². The number of furan rings is 1. The average Bonchev–Trinajstić information content (AvgIpc) is 3.07. The van der Waals surface area contributed by atoms with E-state index in [0.29, 0.717) is 19.4 Å². The molecule has 2 heterocycles. The Balaban J connectivity index is 2.06. The molecule has 1 aromatic heterocycles. The van der Waals surface area contributed by atoms with Gasteiger partial charge in [-0.2, -0.15) is 0 Å². The molecule has 1 fully saturated rings. The lowest BCUT2D eigenvalue weighted by Gasteiger charge is -2.33. The number of hydrogen-bond donors (Lipinski definition) is 2. The first-order valence-corrected chi connectivity index (χ1v) is 6.75. The molecule has 7 nitrogen and oxygen atoms in total. The number of amides is 2. The Kier molecular flexibility index (Phi) is 4.02. The van der Waals surface area contributed by atoms with E-state index in [1.807, 2.05) is 0 Å². The summed E-state index contributed by atoms with van der Waals surface area (Å²) in [5, 5.41) is 11.8. The Hall–Kier alpha value is -2.31. The van der Waals surface area contributed by atoms with Crippen LogP contribution in [0.1, 0.15) is 37.2 Å². The monoisotopic (exact) mass is 294 g/mol. The number of carboxylic acid groups (broad SMARTS) is 1. The lowest BCUT2D eigenvalue weighted by molar-refractivity contribution is -0.155. The minimum Gasteiger partial charge on any atom is -0.480 e. The highest BCUT2D eigenvalue weighted by Gasteiger charge is 2.46. The molecule has 7 heteroatoms. The molecule has 0 spiro atoms. The second kappa shape index (κ2) is 5.59. The summed E-state index contributed by atoms with van der Waals surface area (Å²) >= 11 is 0. The number of rotatable bonds is 4. The van der Waals surface area contributed by atoms with Crippen LogP contribution in [-0.4, -0.2) is 45.9 Å². The summed E-state index contributed by atoms with van der Waals surface area (Å²) in [4.78, 5) is 36.9. The molecule has 21 heavy (non-hydrogen) atoms. The van der Waals surface area contributed by atoms with Gasteiger partial charge in [0.1, 0.15) is 11.6 Å². The smallest absolute Gasteiger partial charge is 0.329 e. The van der Waals surface area contributed by atoms with Crippen molar-refractivity contribution >= 4 is 17.8 Å². The van der Waals surface area contributed by atoms with Crippen LogP contribution in [-0.2, 0) is 9.59 Å². The quantitative estimate of drug-likeness (QED) is 0.858. The van der Waals surface area contributed by atoms with E-state index in [4.69, 9.17) is 4.42 Å². The lowest BCUT2D eigenvalue weighted by Crippen LogP contribution is -2.56. The zero-order valence-corrected chi connectivity index (χ0v) is 12.0. The van der Waals surface area contributed by atoms with Crippen molar-refractivity contribution in [3.8, 4) is 0 Å². The Morgan fingerprint density at radius 2 is 2.19 bits per heavy atom. The largest absolute Gasteiger partial charge is 0.480 e. The molecule has 2 unspecified atom stereocenters. The molecule has 0 aliphatic carbocycles. The van der Waals surface area contributed by atoms with Crippen LogP contribution in [0.4, 0.5) is 0 Å². The molecule has 0 aromatic carbocycles. The standard InChI is InChI=1S/C14H18N2O5/c1-9(15-11(17)10-5-3-8-21-10)12(18)16-7-4-6-14(16,2)13(19)20/h3,5,8-9H,4,6-7H2,1-2H3,(H,15,17)(H,19,20). The van der Waals surface area contributed by atoms with Gasteiger partial charge in [0.2, 0.25) is 5.91 Å². The molecule has 1 aliphatic rings. The van der Waals surface area contributed by atoms with Crippen molar-refractivity contribution in [1.82, 2.24) is 10.2 Å². The second-order valence-corrected chi connectivity index (χ2v) is 5.34. The van der Waals surface area contributed by atoms with Gasteiger partial charge < -0.3 is 19.7 Å². The number of aliphatic carboxylic acids is 1. The predicted molar refractivity (Wildman–Crippen MR) is 72.6 cm³/mol. The maximum absolute atomic E-state index is 12.4. The van der Waals surface area contributed by atoms with E-state index in [0.717, 1.165) is 0 Å². The third-order valence-electron chi connectivity index (χ3n) is 3.83. The normalized spacial score (nSPS) is 22.9. The predicted octanol–water partition coefficient (Wildman–Crippen LogP) is 0.864. The van der Waals surface area contributed by atoms with Gasteiger partial charge in [-0.3, -0.25) is 9.59 Å². The van der Waals surface area contributed by atoms with E-state index in [9.17, 15) is 19.5 Å². The summed E-state index contributed by atoms with van der Waals surface area (Å²) < 4.78 is 4.95. The topological polar surface area (TPSA) is 99.9 Å². The van der Waals surface area contributed by atoms with Crippen molar-refractivity contribution in [1.29, 1.82) is 0 Å². The van der Waals surface area contributed by atoms with E-state index < -0.39 is 29.4 Å². The zero-order valence-electron chi connectivity index (χ0n) is 12.0. The summed E-state index contributed by atoms with van der Waals surface area (Å²) in [6.07, 6.45) is 2.41. The number of hydrogen-bond acceptors (Lipinski definition) is 4. The van der Waals surface area contributed by atoms with E-state index >= 15 is 0 Å². The van der Waals surface area contributed by atoms with Crippen molar-refractivity contribution < 1.29 is 23.9 Å². The van der Waals surface area contributed by atoms with Gasteiger partial charge in [-0.15, -0.1) is 0 Å². The third-order valence-corrected chi connectivity index (χ3v) is 3.83. The van der Waals surface area contributed by atoms with Gasteiger partial charge in [-0.25, -0.2) is 4.79 Å². The van der Waals surface area contributed by atoms with Gasteiger partial charge in [0, 0.05) is 6.54 Å². The molecule has 0 saturated carbocycles. The number of nitrogens with one attached hydrogen (secondary N) is 1. The van der Waals surface area contributed by atoms with Gasteiger partial charge in [-0.1, -0.05) is 0 Å². The average molecular weight is 294 g/mol. The van der Waals surface area contributed by atoms with Crippen molar-refractivity contribution in [2.24, 2.45) is 0 Å². The highest BCUT2D eigenvalue weighted by Crippen LogP contribution is 2.29. The first-order chi connectivity index (χ1) is 9.86. The number of carboxylic acids is 1. The van der Waals surface area contributed by atoms with Crippen LogP contribution in [0, 0.1) is 0 Å². The van der Waals surface area contributed by atoms with Gasteiger partial charge in [0.25, 0.3) is 5.91 Å². The Labute approximate surface area is 121 Å². The number of carbonyl (C=O) groups excluding carboxylic acids is 2. The minimum absolute atomic E-state index is 0.108. The Morgan fingerprint density at radius 1 is 1.48 bits per heavy atom. The lowest BCUT2D eigenvalue weighted by atomic mass is 9.99. The SMILES string of the molecule is CC(NC(=O)c1ccco1)C(=O)N1CCCC1(C)C(=O)O. The van der Waals surface area contributed by atoms with Crippen molar-refractivity contribution in [2.45, 2.75) is 38.3 Å². The van der Waals surface area contributed by atoms with Crippen LogP contribution in [0.3, 0.4) is 0 Å². The summed E-state index contributed by atoms with van der Waals surface area (Å²) in [6, 6.07) is 2.24. The van der Waals surface area contributed by atoms with E-state index in [1.54, 1.807) is 6.07 Å². The van der Waals surface area contributed by atoms with Crippen molar-refractivity contribution in [2.75, 3.05) is 6.54 Å². The van der Waals surface area contributed by atoms with Gasteiger partial charge >= 0.3 is 5.97 Å². The Bertz CT molecular complexity index is 554. The molecule has 1 saturated heterocycles. The van der Waals surface area contributed by atoms with Crippen LogP contribution in [0.25, 0.3) is 0 Å². The maximum Gasteiger partial charge on any atom is 0.329 e. The summed E-state index contributed by atoms with van der Waals surface area (Å²) in [5.41, 5.74) is -1.21. The third kappa shape index (κ3) is 2.76. The summed E-state index contributed by atoms with van der Waals surface area (Å²) in [7, 11) is 0. The van der Waals surface area contributed by atoms with Crippen LogP contribution in [0.5, 0.6) is 0 Å². The molecule has 114 valence electrons. The fraction of sp³-hybridized carbons (Fsp3) is 0.500. The molecule has 2 rings (SSSR count). The highest BCUT2D eigenvalue weighted by molar-refractivity contribution is 5.96. The Morgan fingerprint density at radius 3 is 2.76 bits per heavy atom. The van der Waals surface area contributed by atoms with Crippen LogP contribution < -0.4 is 5.32 Å². The van der Waals surface area contributed by atoms with Gasteiger partial charge in [0.05, 0.1) is 6.26 Å². The number of carbonyl (C=O) groups is 3. The molecule has 0 radical (unpaired) electrons. The number of nitrogens with zero attached hydrogens (tertiary/aromatic N) is 1. The molecule has 0 bridgehead atoms. The molecule has 2 amide bonds. The van der Waals surface area contributed by atoms with Crippen molar-refractivity contribution in [3.63, 3.8) is 0 Å². The molecule has 1 aromatic rings. The second-order valence-electron chi connectivity index (χ2n) is 5.34. The number of likely N-dealkylation sites (tertiary alicyclic amines) is 1. The van der Waals surface area contributed by atoms with E-state index in [2.05, 4.69) is 5.32 Å². The highest BCUT2D eigenvalue weighted by atomic mass is 16.4. The van der Waals surface area contributed by atoms with Gasteiger partial charge in [0.15, 0.2) is 5.76 Å². The van der Waals surface area contributed by atoms with Crippen LogP contribution >= 0.6 is 0 Å². The molecule has 2 atom stereocenters. The molecule has 2 N–H and O–H groups in total. The van der Waals surface area contributed by atoms with Crippen LogP contribution in [0.2, 0.25) is 0 Å².